The first-order valence-corrected chi connectivity index (χ1v) is 7.34. The first-order chi connectivity index (χ1) is 7.86. The molecule has 3 heteroatoms. The second-order valence-corrected chi connectivity index (χ2v) is 6.00. The van der Waals surface area contributed by atoms with E-state index in [-0.39, 0.29) is 0 Å². The van der Waals surface area contributed by atoms with Crippen LogP contribution in [0.2, 0.25) is 5.02 Å². The molecule has 1 saturated heterocycles. The number of rotatable bonds is 4. The number of nitrogens with one attached hydrogen (secondary N) is 1. The molecule has 0 saturated carbocycles. The van der Waals surface area contributed by atoms with Crippen molar-refractivity contribution in [2.45, 2.75) is 24.5 Å². The molecule has 1 atom stereocenters. The Morgan fingerprint density at radius 2 is 2.25 bits per heavy atom. The molecule has 0 aliphatic carbocycles. The summed E-state index contributed by atoms with van der Waals surface area (Å²) >= 11 is 8.20. The fourth-order valence-corrected chi connectivity index (χ4v) is 3.47. The summed E-state index contributed by atoms with van der Waals surface area (Å²) in [7, 11) is 0. The highest BCUT2D eigenvalue weighted by Crippen LogP contribution is 2.22. The third-order valence-electron chi connectivity index (χ3n) is 2.93. The molecule has 1 heterocycles. The summed E-state index contributed by atoms with van der Waals surface area (Å²) in [5, 5.41) is 5.16. The van der Waals surface area contributed by atoms with Gasteiger partial charge in [-0.25, -0.2) is 0 Å². The maximum absolute atomic E-state index is 6.12. The molecular formula is C13H18ClNS. The molecular weight excluding hydrogens is 238 g/mol. The van der Waals surface area contributed by atoms with Crippen molar-refractivity contribution in [3.05, 3.63) is 34.9 Å². The monoisotopic (exact) mass is 255 g/mol. The topological polar surface area (TPSA) is 12.0 Å². The van der Waals surface area contributed by atoms with Gasteiger partial charge in [0.15, 0.2) is 0 Å². The van der Waals surface area contributed by atoms with E-state index in [4.69, 9.17) is 11.6 Å². The largest absolute Gasteiger partial charge is 0.316 e. The van der Waals surface area contributed by atoms with Gasteiger partial charge < -0.3 is 5.32 Å². The van der Waals surface area contributed by atoms with Crippen LogP contribution < -0.4 is 5.32 Å². The Morgan fingerprint density at radius 3 is 3.00 bits per heavy atom. The molecule has 16 heavy (non-hydrogen) atoms. The van der Waals surface area contributed by atoms with Crippen molar-refractivity contribution < 1.29 is 0 Å². The Labute approximate surface area is 107 Å². The van der Waals surface area contributed by atoms with Crippen molar-refractivity contribution in [2.24, 2.45) is 0 Å². The summed E-state index contributed by atoms with van der Waals surface area (Å²) in [5.41, 5.74) is 1.28. The van der Waals surface area contributed by atoms with Crippen molar-refractivity contribution >= 4 is 23.4 Å². The number of thioether (sulfide) groups is 1. The fourth-order valence-electron chi connectivity index (χ4n) is 2.00. The van der Waals surface area contributed by atoms with Crippen LogP contribution in [0.15, 0.2) is 24.3 Å². The minimum atomic E-state index is 0.802. The summed E-state index contributed by atoms with van der Waals surface area (Å²) in [6, 6.07) is 8.16. The summed E-state index contributed by atoms with van der Waals surface area (Å²) in [6.45, 7) is 2.37. The lowest BCUT2D eigenvalue weighted by atomic mass is 10.2. The highest BCUT2D eigenvalue weighted by atomic mass is 35.5. The van der Waals surface area contributed by atoms with Gasteiger partial charge in [-0.1, -0.05) is 29.8 Å². The van der Waals surface area contributed by atoms with Gasteiger partial charge in [-0.2, -0.15) is 11.8 Å². The third-order valence-corrected chi connectivity index (χ3v) is 4.62. The van der Waals surface area contributed by atoms with Gasteiger partial charge in [-0.15, -0.1) is 0 Å². The smallest absolute Gasteiger partial charge is 0.0438 e. The van der Waals surface area contributed by atoms with Gasteiger partial charge in [0.05, 0.1) is 0 Å². The highest BCUT2D eigenvalue weighted by molar-refractivity contribution is 7.99. The van der Waals surface area contributed by atoms with Crippen molar-refractivity contribution in [3.63, 3.8) is 0 Å². The number of aryl methyl sites for hydroxylation is 1. The minimum Gasteiger partial charge on any atom is -0.316 e. The first kappa shape index (κ1) is 12.3. The maximum Gasteiger partial charge on any atom is 0.0438 e. The van der Waals surface area contributed by atoms with E-state index in [1.165, 1.54) is 37.2 Å². The molecule has 1 fully saturated rings. The lowest BCUT2D eigenvalue weighted by Gasteiger charge is -2.22. The number of benzene rings is 1. The van der Waals surface area contributed by atoms with Crippen molar-refractivity contribution in [1.82, 2.24) is 5.32 Å². The Morgan fingerprint density at radius 1 is 1.38 bits per heavy atom. The molecule has 1 N–H and O–H groups in total. The van der Waals surface area contributed by atoms with Gasteiger partial charge in [0.25, 0.3) is 0 Å². The van der Waals surface area contributed by atoms with E-state index in [0.29, 0.717) is 0 Å². The van der Waals surface area contributed by atoms with Crippen molar-refractivity contribution in [3.8, 4) is 0 Å². The number of piperidine rings is 1. The Bertz CT molecular complexity index is 323. The molecule has 0 amide bonds. The van der Waals surface area contributed by atoms with Crippen LogP contribution in [-0.4, -0.2) is 24.1 Å². The van der Waals surface area contributed by atoms with E-state index in [0.717, 1.165) is 16.7 Å². The van der Waals surface area contributed by atoms with Crippen LogP contribution in [0, 0.1) is 0 Å². The molecule has 88 valence electrons. The van der Waals surface area contributed by atoms with E-state index < -0.39 is 0 Å². The van der Waals surface area contributed by atoms with Gasteiger partial charge in [0.2, 0.25) is 0 Å². The number of halogens is 1. The predicted molar refractivity (Wildman–Crippen MR) is 73.5 cm³/mol. The van der Waals surface area contributed by atoms with Crippen LogP contribution in [0.25, 0.3) is 0 Å². The van der Waals surface area contributed by atoms with Gasteiger partial charge in [-0.05, 0) is 43.2 Å². The average molecular weight is 256 g/mol. The zero-order chi connectivity index (χ0) is 11.2. The molecule has 0 bridgehead atoms. The quantitative estimate of drug-likeness (QED) is 0.886. The minimum absolute atomic E-state index is 0.802. The second-order valence-electron chi connectivity index (χ2n) is 4.18. The summed E-state index contributed by atoms with van der Waals surface area (Å²) in [4.78, 5) is 0. The van der Waals surface area contributed by atoms with Crippen LogP contribution in [-0.2, 0) is 6.42 Å². The van der Waals surface area contributed by atoms with Gasteiger partial charge in [0, 0.05) is 16.8 Å². The molecule has 0 spiro atoms. The molecule has 0 aromatic heterocycles. The normalized spacial score (nSPS) is 20.9. The summed E-state index contributed by atoms with van der Waals surface area (Å²) < 4.78 is 0. The van der Waals surface area contributed by atoms with E-state index in [9.17, 15) is 0 Å². The molecule has 1 nitrogen and oxygen atoms in total. The van der Waals surface area contributed by atoms with E-state index in [2.05, 4.69) is 29.2 Å². The second kappa shape index (κ2) is 6.53. The SMILES string of the molecule is Clc1ccccc1CCSC1CCCNC1. The number of hydrogen-bond acceptors (Lipinski definition) is 2. The van der Waals surface area contributed by atoms with E-state index in [1.54, 1.807) is 0 Å². The summed E-state index contributed by atoms with van der Waals surface area (Å²) in [6.07, 6.45) is 3.77. The van der Waals surface area contributed by atoms with Crippen LogP contribution in [0.1, 0.15) is 18.4 Å². The lowest BCUT2D eigenvalue weighted by molar-refractivity contribution is 0.531. The molecule has 1 aromatic rings. The third kappa shape index (κ3) is 3.69. The first-order valence-electron chi connectivity index (χ1n) is 5.92. The van der Waals surface area contributed by atoms with Gasteiger partial charge in [-0.3, -0.25) is 0 Å². The van der Waals surface area contributed by atoms with Crippen LogP contribution in [0.5, 0.6) is 0 Å². The van der Waals surface area contributed by atoms with Gasteiger partial charge >= 0.3 is 0 Å². The molecule has 1 aromatic carbocycles. The van der Waals surface area contributed by atoms with Crippen molar-refractivity contribution in [1.29, 1.82) is 0 Å². The zero-order valence-electron chi connectivity index (χ0n) is 9.42. The Kier molecular flexibility index (Phi) is 5.01. The standard InChI is InChI=1S/C13H18ClNS/c14-13-6-2-1-4-11(13)7-9-16-12-5-3-8-15-10-12/h1-2,4,6,12,15H,3,5,7-10H2. The van der Waals surface area contributed by atoms with Crippen LogP contribution in [0.4, 0.5) is 0 Å². The summed E-state index contributed by atoms with van der Waals surface area (Å²) in [5.74, 6) is 1.18. The maximum atomic E-state index is 6.12. The molecule has 1 unspecified atom stereocenters. The van der Waals surface area contributed by atoms with Gasteiger partial charge in [0.1, 0.15) is 0 Å². The Hall–Kier alpha value is -0.180. The molecule has 2 rings (SSSR count). The Balaban J connectivity index is 1.73. The predicted octanol–water partition coefficient (Wildman–Crippen LogP) is 3.37. The fraction of sp³-hybridized carbons (Fsp3) is 0.538. The van der Waals surface area contributed by atoms with E-state index >= 15 is 0 Å². The average Bonchev–Trinajstić information content (AvgIpc) is 2.33. The highest BCUT2D eigenvalue weighted by Gasteiger charge is 2.12. The number of hydrogen-bond donors (Lipinski definition) is 1. The van der Waals surface area contributed by atoms with E-state index in [1.807, 2.05) is 12.1 Å². The molecule has 1 aliphatic rings. The molecule has 0 radical (unpaired) electrons. The zero-order valence-corrected chi connectivity index (χ0v) is 11.0. The van der Waals surface area contributed by atoms with Crippen LogP contribution >= 0.6 is 23.4 Å². The molecule has 1 aliphatic heterocycles. The lowest BCUT2D eigenvalue weighted by Crippen LogP contribution is -2.31. The van der Waals surface area contributed by atoms with Crippen LogP contribution in [0.3, 0.4) is 0 Å². The van der Waals surface area contributed by atoms with Crippen molar-refractivity contribution in [2.75, 3.05) is 18.8 Å².